The molecule has 0 bridgehead atoms. The minimum atomic E-state index is 0.0101. The Labute approximate surface area is 87.7 Å². The molecule has 0 saturated heterocycles. The monoisotopic (exact) mass is 346 g/mol. The van der Waals surface area contributed by atoms with E-state index in [0.717, 1.165) is 11.4 Å². The Kier molecular flexibility index (Phi) is 3.49. The average molecular weight is 346 g/mol. The zero-order chi connectivity index (χ0) is 9.84. The topological polar surface area (TPSA) is 45.8 Å². The Balaban J connectivity index is 2.92. The number of hydrogen-bond acceptors (Lipinski definition) is 2. The second kappa shape index (κ2) is 4.42. The van der Waals surface area contributed by atoms with Gasteiger partial charge in [-0.25, -0.2) is 0 Å². The Morgan fingerprint density at radius 3 is 2.77 bits per heavy atom. The first-order chi connectivity index (χ1) is 6.13. The molecule has 0 unspecified atom stereocenters. The number of H-pyrrole nitrogens is 1. The first kappa shape index (κ1) is 10.3. The predicted molar refractivity (Wildman–Crippen MR) is 48.3 cm³/mol. The summed E-state index contributed by atoms with van der Waals surface area (Å²) >= 11 is 1.40. The van der Waals surface area contributed by atoms with Gasteiger partial charge in [-0.3, -0.25) is 0 Å². The molecule has 0 aliphatic rings. The van der Waals surface area contributed by atoms with Crippen LogP contribution in [0.3, 0.4) is 0 Å². The summed E-state index contributed by atoms with van der Waals surface area (Å²) in [5.74, 6) is 0.746. The Bertz CT molecular complexity index is 365. The predicted octanol–water partition coefficient (Wildman–Crippen LogP) is 1.36. The van der Waals surface area contributed by atoms with Crippen molar-refractivity contribution in [1.29, 1.82) is 0 Å². The molecule has 68 valence electrons. The molecule has 0 aliphatic carbocycles. The molecule has 1 aromatic rings. The standard InChI is InChI=1S/C9H10N2O.W/c1-6(2)4-9-10-5-8(11-9)7(3)12;/h1,4-5H,2-3H3,(H,10,11);/b6-4+;. The van der Waals surface area contributed by atoms with Gasteiger partial charge in [0.2, 0.25) is 0 Å². The summed E-state index contributed by atoms with van der Waals surface area (Å²) in [6, 6.07) is 0. The van der Waals surface area contributed by atoms with E-state index in [9.17, 15) is 4.79 Å². The van der Waals surface area contributed by atoms with Crippen molar-refractivity contribution in [2.24, 2.45) is 0 Å². The van der Waals surface area contributed by atoms with E-state index in [-0.39, 0.29) is 5.78 Å². The van der Waals surface area contributed by atoms with Crippen LogP contribution >= 0.6 is 0 Å². The molecule has 0 aliphatic heterocycles. The molecular formula is C9H10N2OW. The van der Waals surface area contributed by atoms with E-state index in [0.29, 0.717) is 5.69 Å². The quantitative estimate of drug-likeness (QED) is 0.841. The molecule has 0 spiro atoms. The summed E-state index contributed by atoms with van der Waals surface area (Å²) in [5.41, 5.74) is 1.71. The van der Waals surface area contributed by atoms with Gasteiger partial charge in [-0.05, 0) is 0 Å². The molecule has 0 fully saturated rings. The number of hydrogen-bond donors (Lipinski definition) is 1. The van der Waals surface area contributed by atoms with Crippen molar-refractivity contribution in [3.63, 3.8) is 0 Å². The van der Waals surface area contributed by atoms with Crippen LogP contribution in [0.4, 0.5) is 0 Å². The summed E-state index contributed by atoms with van der Waals surface area (Å²) in [7, 11) is 0. The summed E-state index contributed by atoms with van der Waals surface area (Å²) in [6.07, 6.45) is 3.48. The van der Waals surface area contributed by atoms with Crippen LogP contribution in [0.25, 0.3) is 6.08 Å². The molecule has 3 nitrogen and oxygen atoms in total. The maximum absolute atomic E-state index is 10.9. The Morgan fingerprint density at radius 2 is 2.31 bits per heavy atom. The van der Waals surface area contributed by atoms with Crippen LogP contribution in [0, 0.1) is 0 Å². The number of aromatic amines is 1. The van der Waals surface area contributed by atoms with Gasteiger partial charge in [0, 0.05) is 0 Å². The third-order valence-electron chi connectivity index (χ3n) is 1.53. The van der Waals surface area contributed by atoms with Crippen molar-refractivity contribution in [1.82, 2.24) is 9.97 Å². The number of allylic oxidation sites excluding steroid dienone is 1. The molecule has 0 saturated carbocycles. The number of nitrogens with zero attached hydrogens (tertiary/aromatic N) is 1. The minimum absolute atomic E-state index is 0.0101. The van der Waals surface area contributed by atoms with Gasteiger partial charge >= 0.3 is 87.5 Å². The summed E-state index contributed by atoms with van der Waals surface area (Å²) in [6.45, 7) is 3.52. The molecule has 0 atom stereocenters. The number of carbonyl (C=O) groups excluding carboxylic acids is 1. The second-order valence-corrected chi connectivity index (χ2v) is 3.59. The molecule has 0 radical (unpaired) electrons. The molecule has 4 heteroatoms. The molecular weight excluding hydrogens is 336 g/mol. The van der Waals surface area contributed by atoms with Gasteiger partial charge in [0.1, 0.15) is 0 Å². The molecule has 13 heavy (non-hydrogen) atoms. The van der Waals surface area contributed by atoms with E-state index in [2.05, 4.69) is 14.4 Å². The van der Waals surface area contributed by atoms with Crippen LogP contribution in [0.2, 0.25) is 0 Å². The zero-order valence-electron chi connectivity index (χ0n) is 7.50. The van der Waals surface area contributed by atoms with E-state index < -0.39 is 0 Å². The first-order valence-corrected chi connectivity index (χ1v) is 5.52. The number of Topliss-reactive ketones (excluding diaryl/α,β-unsaturated/α-hetero) is 1. The van der Waals surface area contributed by atoms with Crippen molar-refractivity contribution < 1.29 is 24.1 Å². The van der Waals surface area contributed by atoms with Gasteiger partial charge in [0.25, 0.3) is 0 Å². The Hall–Kier alpha value is -0.822. The van der Waals surface area contributed by atoms with Crippen LogP contribution < -0.4 is 0 Å². The van der Waals surface area contributed by atoms with Crippen LogP contribution in [0.15, 0.2) is 11.8 Å². The molecule has 1 heterocycles. The van der Waals surface area contributed by atoms with Crippen molar-refractivity contribution >= 4 is 16.3 Å². The summed E-state index contributed by atoms with van der Waals surface area (Å²) in [5, 5.41) is 0. The van der Waals surface area contributed by atoms with Crippen LogP contribution in [-0.2, 0) is 19.4 Å². The number of rotatable bonds is 3. The van der Waals surface area contributed by atoms with Gasteiger partial charge in [-0.15, -0.1) is 0 Å². The number of ketones is 1. The van der Waals surface area contributed by atoms with Gasteiger partial charge in [0.05, 0.1) is 0 Å². The average Bonchev–Trinajstić information content (AvgIpc) is 2.52. The molecule has 1 aromatic heterocycles. The molecule has 1 N–H and O–H groups in total. The van der Waals surface area contributed by atoms with Gasteiger partial charge in [0.15, 0.2) is 0 Å². The second-order valence-electron chi connectivity index (χ2n) is 2.74. The van der Waals surface area contributed by atoms with Crippen LogP contribution in [-0.4, -0.2) is 20.2 Å². The number of aromatic nitrogens is 2. The number of imidazole rings is 1. The normalized spacial score (nSPS) is 11.4. The fourth-order valence-corrected chi connectivity index (χ4v) is 1.08. The van der Waals surface area contributed by atoms with Crippen molar-refractivity contribution in [2.45, 2.75) is 13.8 Å². The van der Waals surface area contributed by atoms with E-state index >= 15 is 0 Å². The summed E-state index contributed by atoms with van der Waals surface area (Å²) in [4.78, 5) is 17.9. The number of nitrogens with one attached hydrogen (secondary N) is 1. The van der Waals surface area contributed by atoms with E-state index in [1.54, 1.807) is 6.20 Å². The van der Waals surface area contributed by atoms with Crippen molar-refractivity contribution in [2.75, 3.05) is 0 Å². The SMILES string of the molecule is CC(=O)c1cnc(/C=C(/C)[CH]=[W])[nH]1. The molecule has 0 aromatic carbocycles. The zero-order valence-corrected chi connectivity index (χ0v) is 10.4. The van der Waals surface area contributed by atoms with Crippen LogP contribution in [0.5, 0.6) is 0 Å². The fourth-order valence-electron chi connectivity index (χ4n) is 0.839. The van der Waals surface area contributed by atoms with E-state index in [1.807, 2.05) is 13.0 Å². The summed E-state index contributed by atoms with van der Waals surface area (Å²) < 4.78 is 2.07. The number of carbonyl (C=O) groups is 1. The first-order valence-electron chi connectivity index (χ1n) is 3.83. The Morgan fingerprint density at radius 1 is 1.62 bits per heavy atom. The van der Waals surface area contributed by atoms with Gasteiger partial charge in [-0.1, -0.05) is 0 Å². The molecule has 1 rings (SSSR count). The van der Waals surface area contributed by atoms with Crippen molar-refractivity contribution in [3.8, 4) is 0 Å². The molecule has 0 amide bonds. The fraction of sp³-hybridized carbons (Fsp3) is 0.222. The third kappa shape index (κ3) is 2.85. The van der Waals surface area contributed by atoms with E-state index in [4.69, 9.17) is 0 Å². The van der Waals surface area contributed by atoms with Crippen molar-refractivity contribution in [3.05, 3.63) is 23.3 Å². The van der Waals surface area contributed by atoms with Gasteiger partial charge < -0.3 is 0 Å². The van der Waals surface area contributed by atoms with E-state index in [1.165, 1.54) is 26.3 Å². The van der Waals surface area contributed by atoms with Gasteiger partial charge in [-0.2, -0.15) is 0 Å². The van der Waals surface area contributed by atoms with Crippen LogP contribution in [0.1, 0.15) is 30.2 Å². The maximum atomic E-state index is 10.9. The third-order valence-corrected chi connectivity index (χ3v) is 2.86.